The van der Waals surface area contributed by atoms with Gasteiger partial charge in [-0.3, -0.25) is 14.4 Å². The number of phenolic OH excluding ortho intramolecular Hbond substituents is 1. The topological polar surface area (TPSA) is 116 Å². The lowest BCUT2D eigenvalue weighted by atomic mass is 9.96. The van der Waals surface area contributed by atoms with Gasteiger partial charge in [0.05, 0.1) is 16.2 Å². The Morgan fingerprint density at radius 3 is 2.50 bits per heavy atom. The molecular formula is C24H21ClF3N3O4S. The van der Waals surface area contributed by atoms with Crippen molar-refractivity contribution in [3.8, 4) is 16.9 Å². The first kappa shape index (κ1) is 25.9. The van der Waals surface area contributed by atoms with Crippen LogP contribution in [-0.2, 0) is 15.8 Å². The number of H-pyrrole nitrogens is 1. The Hall–Kier alpha value is -3.18. The van der Waals surface area contributed by atoms with Gasteiger partial charge in [0.1, 0.15) is 5.75 Å². The van der Waals surface area contributed by atoms with E-state index in [9.17, 15) is 32.7 Å². The molecule has 1 aliphatic heterocycles. The number of carbonyl (C=O) groups is 2. The fraction of sp³-hybridized carbons (Fsp3) is 0.292. The highest BCUT2D eigenvalue weighted by molar-refractivity contribution is 8.00. The maximum Gasteiger partial charge on any atom is 0.416 e. The normalized spacial score (nSPS) is 14.8. The van der Waals surface area contributed by atoms with Crippen molar-refractivity contribution in [1.82, 2.24) is 9.88 Å². The van der Waals surface area contributed by atoms with Crippen molar-refractivity contribution < 1.29 is 27.9 Å². The van der Waals surface area contributed by atoms with Gasteiger partial charge in [0, 0.05) is 46.1 Å². The van der Waals surface area contributed by atoms with Crippen LogP contribution in [0.15, 0.2) is 46.1 Å². The number of likely N-dealkylation sites (tertiary alicyclic amines) is 1. The average molecular weight is 540 g/mol. The third-order valence-corrected chi connectivity index (χ3v) is 7.42. The van der Waals surface area contributed by atoms with E-state index in [1.807, 2.05) is 0 Å². The lowest BCUT2D eigenvalue weighted by molar-refractivity contribution is -0.137. The molecule has 0 radical (unpaired) electrons. The van der Waals surface area contributed by atoms with E-state index in [-0.39, 0.29) is 55.3 Å². The van der Waals surface area contributed by atoms with Crippen LogP contribution in [0.4, 0.5) is 13.2 Å². The Morgan fingerprint density at radius 2 is 1.86 bits per heavy atom. The number of pyridine rings is 1. The van der Waals surface area contributed by atoms with Crippen molar-refractivity contribution in [2.24, 2.45) is 11.7 Å². The second kappa shape index (κ2) is 10.1. The number of nitrogens with one attached hydrogen (secondary N) is 1. The van der Waals surface area contributed by atoms with E-state index in [2.05, 4.69) is 4.98 Å². The number of hydrogen-bond donors (Lipinski definition) is 3. The Balaban J connectivity index is 1.76. The molecule has 4 N–H and O–H groups in total. The predicted molar refractivity (Wildman–Crippen MR) is 131 cm³/mol. The minimum atomic E-state index is -4.64. The van der Waals surface area contributed by atoms with Gasteiger partial charge in [-0.1, -0.05) is 11.6 Å². The maximum atomic E-state index is 13.5. The molecule has 1 aliphatic rings. The molecule has 2 aromatic carbocycles. The maximum absolute atomic E-state index is 13.5. The molecule has 7 nitrogen and oxygen atoms in total. The lowest BCUT2D eigenvalue weighted by Gasteiger charge is -2.30. The highest BCUT2D eigenvalue weighted by Crippen LogP contribution is 2.42. The third-order valence-electron chi connectivity index (χ3n) is 6.12. The highest BCUT2D eigenvalue weighted by atomic mass is 35.5. The molecule has 0 spiro atoms. The molecule has 36 heavy (non-hydrogen) atoms. The zero-order valence-corrected chi connectivity index (χ0v) is 20.3. The first-order chi connectivity index (χ1) is 17.0. The number of phenols is 1. The fourth-order valence-corrected chi connectivity index (χ4v) is 5.37. The van der Waals surface area contributed by atoms with Gasteiger partial charge in [-0.2, -0.15) is 13.2 Å². The van der Waals surface area contributed by atoms with Gasteiger partial charge in [-0.05, 0) is 49.2 Å². The van der Waals surface area contributed by atoms with E-state index < -0.39 is 23.2 Å². The van der Waals surface area contributed by atoms with Crippen molar-refractivity contribution in [2.75, 3.05) is 18.8 Å². The SMILES string of the molecule is NC(=O)C1CCN(C(=O)CSc2c(-c3cc(Cl)ccc3O)c3cc(C(F)(F)F)ccc3[nH]c2=O)CC1. The van der Waals surface area contributed by atoms with Crippen molar-refractivity contribution >= 4 is 46.1 Å². The van der Waals surface area contributed by atoms with Crippen LogP contribution >= 0.6 is 23.4 Å². The summed E-state index contributed by atoms with van der Waals surface area (Å²) in [5.74, 6) is -1.48. The largest absolute Gasteiger partial charge is 0.507 e. The first-order valence-corrected chi connectivity index (χ1v) is 12.3. The number of alkyl halides is 3. The van der Waals surface area contributed by atoms with Gasteiger partial charge in [0.25, 0.3) is 5.56 Å². The van der Waals surface area contributed by atoms with Crippen LogP contribution in [0.2, 0.25) is 5.02 Å². The smallest absolute Gasteiger partial charge is 0.416 e. The molecule has 0 bridgehead atoms. The molecule has 0 unspecified atom stereocenters. The Kier molecular flexibility index (Phi) is 7.24. The Labute approximate surface area is 212 Å². The number of benzene rings is 2. The summed E-state index contributed by atoms with van der Waals surface area (Å²) in [6, 6.07) is 6.93. The molecule has 0 aliphatic carbocycles. The number of rotatable bonds is 5. The molecule has 0 saturated carbocycles. The molecule has 4 rings (SSSR count). The Bertz CT molecular complexity index is 1400. The predicted octanol–water partition coefficient (Wildman–Crippen LogP) is 4.39. The molecule has 1 saturated heterocycles. The van der Waals surface area contributed by atoms with Crippen molar-refractivity contribution in [3.63, 3.8) is 0 Å². The number of halogens is 4. The minimum Gasteiger partial charge on any atom is -0.507 e. The van der Waals surface area contributed by atoms with Crippen LogP contribution in [0.25, 0.3) is 22.0 Å². The molecule has 12 heteroatoms. The van der Waals surface area contributed by atoms with Gasteiger partial charge in [-0.25, -0.2) is 0 Å². The summed E-state index contributed by atoms with van der Waals surface area (Å²) in [5, 5.41) is 10.8. The summed E-state index contributed by atoms with van der Waals surface area (Å²) in [6.07, 6.45) is -3.77. The lowest BCUT2D eigenvalue weighted by Crippen LogP contribution is -2.42. The van der Waals surface area contributed by atoms with E-state index >= 15 is 0 Å². The third kappa shape index (κ3) is 5.31. The standard InChI is InChI=1S/C24H21ClF3N3O4S/c25-14-2-4-18(32)16(10-14)20-15-9-13(24(26,27)28)1-3-17(15)30-23(35)21(20)36-11-19(33)31-7-5-12(6-8-31)22(29)34/h1-4,9-10,12,32H,5-8,11H2,(H2,29,34)(H,30,35). The van der Waals surface area contributed by atoms with E-state index in [1.54, 1.807) is 4.90 Å². The van der Waals surface area contributed by atoms with Crippen LogP contribution in [0, 0.1) is 5.92 Å². The zero-order chi connectivity index (χ0) is 26.2. The number of aromatic nitrogens is 1. The van der Waals surface area contributed by atoms with Crippen LogP contribution < -0.4 is 11.3 Å². The van der Waals surface area contributed by atoms with Gasteiger partial charge in [0.2, 0.25) is 11.8 Å². The number of fused-ring (bicyclic) bond motifs is 1. The quantitative estimate of drug-likeness (QED) is 0.416. The molecule has 0 atom stereocenters. The van der Waals surface area contributed by atoms with Crippen LogP contribution in [-0.4, -0.2) is 45.6 Å². The minimum absolute atomic E-state index is 0.0280. The molecule has 1 fully saturated rings. The van der Waals surface area contributed by atoms with E-state index in [4.69, 9.17) is 17.3 Å². The number of amides is 2. The summed E-state index contributed by atoms with van der Waals surface area (Å²) < 4.78 is 40.5. The van der Waals surface area contributed by atoms with Crippen LogP contribution in [0.1, 0.15) is 18.4 Å². The number of thioether (sulfide) groups is 1. The second-order valence-electron chi connectivity index (χ2n) is 8.42. The molecule has 2 heterocycles. The number of primary amides is 1. The first-order valence-electron chi connectivity index (χ1n) is 10.9. The molecule has 2 amide bonds. The number of aromatic hydroxyl groups is 1. The summed E-state index contributed by atoms with van der Waals surface area (Å²) in [4.78, 5) is 41.3. The van der Waals surface area contributed by atoms with Crippen molar-refractivity contribution in [2.45, 2.75) is 23.9 Å². The van der Waals surface area contributed by atoms with E-state index in [0.717, 1.165) is 30.0 Å². The number of nitrogens with two attached hydrogens (primary N) is 1. The second-order valence-corrected chi connectivity index (χ2v) is 9.85. The summed E-state index contributed by atoms with van der Waals surface area (Å²) in [7, 11) is 0. The summed E-state index contributed by atoms with van der Waals surface area (Å²) in [6.45, 7) is 0.663. The number of hydrogen-bond acceptors (Lipinski definition) is 5. The van der Waals surface area contributed by atoms with Crippen LogP contribution in [0.3, 0.4) is 0 Å². The van der Waals surface area contributed by atoms with Crippen LogP contribution in [0.5, 0.6) is 5.75 Å². The summed E-state index contributed by atoms with van der Waals surface area (Å²) >= 11 is 6.96. The average Bonchev–Trinajstić information content (AvgIpc) is 2.83. The summed E-state index contributed by atoms with van der Waals surface area (Å²) in [5.41, 5.74) is 4.02. The number of aromatic amines is 1. The number of nitrogens with zero attached hydrogens (tertiary/aromatic N) is 1. The van der Waals surface area contributed by atoms with Gasteiger partial charge in [0.15, 0.2) is 0 Å². The Morgan fingerprint density at radius 1 is 1.17 bits per heavy atom. The zero-order valence-electron chi connectivity index (χ0n) is 18.7. The van der Waals surface area contributed by atoms with Crippen molar-refractivity contribution in [1.29, 1.82) is 0 Å². The monoisotopic (exact) mass is 539 g/mol. The van der Waals surface area contributed by atoms with E-state index in [0.29, 0.717) is 25.9 Å². The highest BCUT2D eigenvalue weighted by Gasteiger charge is 2.32. The number of carbonyl (C=O) groups excluding carboxylic acids is 2. The number of piperidine rings is 1. The molecule has 190 valence electrons. The van der Waals surface area contributed by atoms with Crippen molar-refractivity contribution in [3.05, 3.63) is 57.3 Å². The molecule has 3 aromatic rings. The van der Waals surface area contributed by atoms with Gasteiger partial charge >= 0.3 is 6.18 Å². The van der Waals surface area contributed by atoms with E-state index in [1.165, 1.54) is 18.2 Å². The van der Waals surface area contributed by atoms with Gasteiger partial charge in [-0.15, -0.1) is 11.8 Å². The fourth-order valence-electron chi connectivity index (χ4n) is 4.20. The molecular weight excluding hydrogens is 519 g/mol. The molecule has 1 aromatic heterocycles. The van der Waals surface area contributed by atoms with Gasteiger partial charge < -0.3 is 20.7 Å².